The summed E-state index contributed by atoms with van der Waals surface area (Å²) < 4.78 is 0. The van der Waals surface area contributed by atoms with Gasteiger partial charge in [0.05, 0.1) is 5.52 Å². The largest absolute Gasteiger partial charge is 0.294 e. The van der Waals surface area contributed by atoms with Crippen LogP contribution in [0.4, 0.5) is 0 Å². The second-order valence-corrected chi connectivity index (χ2v) is 3.64. The topological polar surface area (TPSA) is 30.0 Å². The molecular weight excluding hydrogens is 186 g/mol. The molecule has 0 aliphatic carbocycles. The smallest absolute Gasteiger partial charge is 0.162 e. The molecule has 2 heteroatoms. The van der Waals surface area contributed by atoms with Crippen molar-refractivity contribution in [3.05, 3.63) is 41.6 Å². The summed E-state index contributed by atoms with van der Waals surface area (Å²) in [5.74, 6) is 0.178. The molecule has 1 aromatic carbocycles. The number of hydrogen-bond donors (Lipinski definition) is 0. The number of nitrogens with zero attached hydrogens (tertiary/aromatic N) is 1. The van der Waals surface area contributed by atoms with Crippen molar-refractivity contribution in [1.29, 1.82) is 0 Å². The van der Waals surface area contributed by atoms with Crippen LogP contribution in [0.5, 0.6) is 0 Å². The fourth-order valence-corrected chi connectivity index (χ4v) is 1.61. The first-order chi connectivity index (χ1) is 7.20. The summed E-state index contributed by atoms with van der Waals surface area (Å²) in [6.07, 6.45) is 0.546. The predicted molar refractivity (Wildman–Crippen MR) is 61.1 cm³/mol. The van der Waals surface area contributed by atoms with Gasteiger partial charge >= 0.3 is 0 Å². The molecule has 0 N–H and O–H groups in total. The Morgan fingerprint density at radius 2 is 2.07 bits per heavy atom. The molecule has 0 saturated carbocycles. The van der Waals surface area contributed by atoms with Gasteiger partial charge in [0, 0.05) is 23.1 Å². The molecule has 0 atom stereocenters. The van der Waals surface area contributed by atoms with Crippen LogP contribution in [0, 0.1) is 6.92 Å². The molecule has 1 aromatic heterocycles. The van der Waals surface area contributed by atoms with Gasteiger partial charge in [0.15, 0.2) is 5.78 Å². The lowest BCUT2D eigenvalue weighted by Gasteiger charge is -2.01. The van der Waals surface area contributed by atoms with Crippen molar-refractivity contribution in [2.45, 2.75) is 20.3 Å². The fraction of sp³-hybridized carbons (Fsp3) is 0.231. The maximum absolute atomic E-state index is 11.5. The molecule has 0 aliphatic heterocycles. The first kappa shape index (κ1) is 9.84. The molecule has 0 fully saturated rings. The van der Waals surface area contributed by atoms with Crippen molar-refractivity contribution in [3.8, 4) is 0 Å². The third kappa shape index (κ3) is 1.89. The Morgan fingerprint density at radius 1 is 1.27 bits per heavy atom. The molecule has 2 aromatic rings. The summed E-state index contributed by atoms with van der Waals surface area (Å²) in [4.78, 5) is 15.9. The predicted octanol–water partition coefficient (Wildman–Crippen LogP) is 3.14. The van der Waals surface area contributed by atoms with Crippen LogP contribution in [-0.4, -0.2) is 10.8 Å². The van der Waals surface area contributed by atoms with Crippen LogP contribution >= 0.6 is 0 Å². The van der Waals surface area contributed by atoms with Crippen molar-refractivity contribution in [3.63, 3.8) is 0 Å². The maximum atomic E-state index is 11.5. The minimum Gasteiger partial charge on any atom is -0.294 e. The van der Waals surface area contributed by atoms with Gasteiger partial charge in [-0.05, 0) is 31.2 Å². The first-order valence-electron chi connectivity index (χ1n) is 5.11. The molecule has 2 nitrogen and oxygen atoms in total. The van der Waals surface area contributed by atoms with E-state index in [4.69, 9.17) is 0 Å². The van der Waals surface area contributed by atoms with Gasteiger partial charge in [-0.2, -0.15) is 0 Å². The van der Waals surface area contributed by atoms with Crippen molar-refractivity contribution >= 4 is 16.7 Å². The van der Waals surface area contributed by atoms with Gasteiger partial charge in [0.25, 0.3) is 0 Å². The number of aryl methyl sites for hydroxylation is 1. The van der Waals surface area contributed by atoms with Gasteiger partial charge in [-0.15, -0.1) is 0 Å². The summed E-state index contributed by atoms with van der Waals surface area (Å²) in [5.41, 5.74) is 2.72. The zero-order valence-corrected chi connectivity index (χ0v) is 8.95. The maximum Gasteiger partial charge on any atom is 0.162 e. The number of aromatic nitrogens is 1. The number of benzene rings is 1. The second kappa shape index (κ2) is 3.81. The van der Waals surface area contributed by atoms with Gasteiger partial charge in [0.2, 0.25) is 0 Å². The van der Waals surface area contributed by atoms with E-state index in [1.54, 1.807) is 0 Å². The van der Waals surface area contributed by atoms with Gasteiger partial charge in [-0.3, -0.25) is 9.78 Å². The minimum absolute atomic E-state index is 0.178. The molecule has 2 rings (SSSR count). The van der Waals surface area contributed by atoms with Gasteiger partial charge in [-0.25, -0.2) is 0 Å². The Balaban J connectivity index is 2.57. The van der Waals surface area contributed by atoms with E-state index >= 15 is 0 Å². The molecule has 76 valence electrons. The first-order valence-corrected chi connectivity index (χ1v) is 5.11. The monoisotopic (exact) mass is 199 g/mol. The highest BCUT2D eigenvalue weighted by Crippen LogP contribution is 2.15. The van der Waals surface area contributed by atoms with Crippen LogP contribution in [0.15, 0.2) is 30.3 Å². The number of carbonyl (C=O) groups excluding carboxylic acids is 1. The van der Waals surface area contributed by atoms with Crippen molar-refractivity contribution in [2.75, 3.05) is 0 Å². The molecule has 0 aliphatic rings. The van der Waals surface area contributed by atoms with Gasteiger partial charge in [-0.1, -0.05) is 13.0 Å². The van der Waals surface area contributed by atoms with Crippen molar-refractivity contribution in [2.24, 2.45) is 0 Å². The third-order valence-electron chi connectivity index (χ3n) is 2.47. The quantitative estimate of drug-likeness (QED) is 0.695. The molecule has 0 radical (unpaired) electrons. The minimum atomic E-state index is 0.178. The lowest BCUT2D eigenvalue weighted by molar-refractivity contribution is 0.0988. The van der Waals surface area contributed by atoms with Crippen LogP contribution in [0.1, 0.15) is 29.4 Å². The average molecular weight is 199 g/mol. The van der Waals surface area contributed by atoms with E-state index in [0.717, 1.165) is 22.2 Å². The highest BCUT2D eigenvalue weighted by molar-refractivity contribution is 5.99. The van der Waals surface area contributed by atoms with Gasteiger partial charge in [0.1, 0.15) is 0 Å². The number of ketones is 1. The standard InChI is InChI=1S/C13H13NO/c1-3-13(15)11-6-7-12-10(8-11)5-4-9(2)14-12/h4-8H,3H2,1-2H3. The number of carbonyl (C=O) groups is 1. The normalized spacial score (nSPS) is 10.5. The lowest BCUT2D eigenvalue weighted by atomic mass is 10.1. The number of pyridine rings is 1. The van der Waals surface area contributed by atoms with E-state index in [9.17, 15) is 4.79 Å². The molecule has 15 heavy (non-hydrogen) atoms. The number of hydrogen-bond acceptors (Lipinski definition) is 2. The average Bonchev–Trinajstić information content (AvgIpc) is 2.27. The zero-order chi connectivity index (χ0) is 10.8. The summed E-state index contributed by atoms with van der Waals surface area (Å²) in [5, 5.41) is 1.03. The SMILES string of the molecule is CCC(=O)c1ccc2nc(C)ccc2c1. The van der Waals surface area contributed by atoms with Crippen LogP contribution in [0.2, 0.25) is 0 Å². The van der Waals surface area contributed by atoms with Crippen LogP contribution in [-0.2, 0) is 0 Å². The zero-order valence-electron chi connectivity index (χ0n) is 8.95. The lowest BCUT2D eigenvalue weighted by Crippen LogP contribution is -1.96. The highest BCUT2D eigenvalue weighted by Gasteiger charge is 2.04. The van der Waals surface area contributed by atoms with E-state index in [1.807, 2.05) is 44.2 Å². The van der Waals surface area contributed by atoms with Crippen molar-refractivity contribution < 1.29 is 4.79 Å². The Morgan fingerprint density at radius 3 is 2.80 bits per heavy atom. The van der Waals surface area contributed by atoms with Gasteiger partial charge < -0.3 is 0 Å². The van der Waals surface area contributed by atoms with E-state index in [0.29, 0.717) is 6.42 Å². The number of rotatable bonds is 2. The molecule has 0 amide bonds. The molecule has 0 bridgehead atoms. The van der Waals surface area contributed by atoms with Crippen LogP contribution in [0.25, 0.3) is 10.9 Å². The summed E-state index contributed by atoms with van der Waals surface area (Å²) in [6.45, 7) is 3.84. The highest BCUT2D eigenvalue weighted by atomic mass is 16.1. The van der Waals surface area contributed by atoms with Crippen LogP contribution < -0.4 is 0 Å². The van der Waals surface area contributed by atoms with Crippen molar-refractivity contribution in [1.82, 2.24) is 4.98 Å². The van der Waals surface area contributed by atoms with Crippen LogP contribution in [0.3, 0.4) is 0 Å². The summed E-state index contributed by atoms with van der Waals surface area (Å²) >= 11 is 0. The Hall–Kier alpha value is -1.70. The Labute approximate surface area is 89.0 Å². The second-order valence-electron chi connectivity index (χ2n) is 3.64. The Kier molecular flexibility index (Phi) is 2.50. The third-order valence-corrected chi connectivity index (χ3v) is 2.47. The number of Topliss-reactive ketones (excluding diaryl/α,β-unsaturated/α-hetero) is 1. The Bertz CT molecular complexity index is 517. The molecule has 0 spiro atoms. The molecular formula is C13H13NO. The van der Waals surface area contributed by atoms with E-state index in [2.05, 4.69) is 4.98 Å². The number of fused-ring (bicyclic) bond motifs is 1. The summed E-state index contributed by atoms with van der Waals surface area (Å²) in [6, 6.07) is 9.63. The molecule has 0 saturated heterocycles. The molecule has 1 heterocycles. The van der Waals surface area contributed by atoms with E-state index in [-0.39, 0.29) is 5.78 Å². The summed E-state index contributed by atoms with van der Waals surface area (Å²) in [7, 11) is 0. The fourth-order valence-electron chi connectivity index (χ4n) is 1.61. The molecule has 0 unspecified atom stereocenters. The van der Waals surface area contributed by atoms with E-state index < -0.39 is 0 Å². The van der Waals surface area contributed by atoms with E-state index in [1.165, 1.54) is 0 Å².